The third-order valence-corrected chi connectivity index (χ3v) is 0. The van der Waals surface area contributed by atoms with Crippen molar-refractivity contribution in [1.29, 1.82) is 0 Å². The van der Waals surface area contributed by atoms with Crippen LogP contribution in [0.15, 0.2) is 0 Å². The van der Waals surface area contributed by atoms with E-state index in [0.29, 0.717) is 0 Å². The van der Waals surface area contributed by atoms with Gasteiger partial charge in [-0.1, -0.05) is 0 Å². The Labute approximate surface area is 46.9 Å². The first-order valence-electron chi connectivity index (χ1n) is 0. The second kappa shape index (κ2) is 35.1. The van der Waals surface area contributed by atoms with Gasteiger partial charge in [-0.15, -0.1) is 0 Å². The molecule has 0 spiro atoms. The molecule has 0 aromatic rings. The second-order valence-electron chi connectivity index (χ2n) is 0. The van der Waals surface area contributed by atoms with E-state index >= 15 is 0 Å². The van der Waals surface area contributed by atoms with Crippen LogP contribution in [0.25, 0.3) is 0 Å². The Morgan fingerprint density at radius 1 is 0.750 bits per heavy atom. The van der Waals surface area contributed by atoms with Crippen LogP contribution in [0.1, 0.15) is 0 Å². The van der Waals surface area contributed by atoms with E-state index in [2.05, 4.69) is 0 Å². The molecule has 4 heavy (non-hydrogen) atoms. The SMILES string of the molecule is O.O.[Cu].[V]. The van der Waals surface area contributed by atoms with Crippen LogP contribution in [0.4, 0.5) is 0 Å². The molecule has 0 amide bonds. The van der Waals surface area contributed by atoms with Crippen LogP contribution in [0.2, 0.25) is 0 Å². The van der Waals surface area contributed by atoms with E-state index in [1.165, 1.54) is 0 Å². The third-order valence-electron chi connectivity index (χ3n) is 0. The van der Waals surface area contributed by atoms with Gasteiger partial charge < -0.3 is 11.0 Å². The average molecular weight is 151 g/mol. The molecular formula is H4CuO2V. The van der Waals surface area contributed by atoms with Gasteiger partial charge >= 0.3 is 0 Å². The van der Waals surface area contributed by atoms with Gasteiger partial charge in [-0.05, 0) is 0 Å². The third kappa shape index (κ3) is 11.8. The largest absolute Gasteiger partial charge is 0.412 e. The number of hydrogen-bond donors (Lipinski definition) is 0. The van der Waals surface area contributed by atoms with E-state index in [9.17, 15) is 0 Å². The number of rotatable bonds is 0. The summed E-state index contributed by atoms with van der Waals surface area (Å²) in [7, 11) is 0. The summed E-state index contributed by atoms with van der Waals surface area (Å²) in [6.07, 6.45) is 0. The fourth-order valence-corrected chi connectivity index (χ4v) is 0. The Balaban J connectivity index is 0. The molecule has 4 N–H and O–H groups in total. The molecule has 2 nitrogen and oxygen atoms in total. The molecule has 0 aliphatic rings. The van der Waals surface area contributed by atoms with E-state index in [0.717, 1.165) is 0 Å². The molecule has 0 unspecified atom stereocenters. The van der Waals surface area contributed by atoms with Gasteiger partial charge in [-0.3, -0.25) is 0 Å². The molecule has 0 aromatic heterocycles. The molecule has 2 radical (unpaired) electrons. The Hall–Kier alpha value is 1.02. The first-order valence-corrected chi connectivity index (χ1v) is 0. The van der Waals surface area contributed by atoms with Crippen molar-refractivity contribution >= 4 is 0 Å². The van der Waals surface area contributed by atoms with E-state index in [1.54, 1.807) is 0 Å². The van der Waals surface area contributed by atoms with Gasteiger partial charge in [-0.25, -0.2) is 0 Å². The summed E-state index contributed by atoms with van der Waals surface area (Å²) < 4.78 is 0. The van der Waals surface area contributed by atoms with Crippen LogP contribution in [-0.4, -0.2) is 11.0 Å². The van der Waals surface area contributed by atoms with Crippen LogP contribution >= 0.6 is 0 Å². The maximum atomic E-state index is 0. The molecule has 0 fully saturated rings. The summed E-state index contributed by atoms with van der Waals surface area (Å²) in [5.74, 6) is 0. The summed E-state index contributed by atoms with van der Waals surface area (Å²) in [4.78, 5) is 0. The minimum Gasteiger partial charge on any atom is -0.412 e. The molecule has 0 heterocycles. The molecule has 0 aliphatic carbocycles. The standard InChI is InChI=1S/Cu.2H2O.V/h;2*1H2;. The Bertz CT molecular complexity index is 6.00. The average Bonchev–Trinajstić information content (AvgIpc) is 0. The molecule has 0 aromatic carbocycles. The quantitative estimate of drug-likeness (QED) is 0.372. The zero-order chi connectivity index (χ0) is 0. The molecule has 0 aliphatic heterocycles. The zero-order valence-electron chi connectivity index (χ0n) is 1.75. The summed E-state index contributed by atoms with van der Waals surface area (Å²) >= 11 is 0. The topological polar surface area (TPSA) is 63.0 Å². The molecule has 0 saturated carbocycles. The minimum absolute atomic E-state index is 0. The van der Waals surface area contributed by atoms with Crippen LogP contribution in [0.3, 0.4) is 0 Å². The minimum atomic E-state index is 0. The van der Waals surface area contributed by atoms with Crippen LogP contribution in [-0.2, 0) is 35.6 Å². The monoisotopic (exact) mass is 150 g/mol. The predicted molar refractivity (Wildman–Crippen MR) is 7.23 cm³/mol. The van der Waals surface area contributed by atoms with Crippen molar-refractivity contribution in [3.63, 3.8) is 0 Å². The van der Waals surface area contributed by atoms with E-state index in [1.807, 2.05) is 0 Å². The summed E-state index contributed by atoms with van der Waals surface area (Å²) in [6.45, 7) is 0. The maximum absolute atomic E-state index is 0. The van der Waals surface area contributed by atoms with Crippen molar-refractivity contribution < 1.29 is 46.6 Å². The molecule has 0 saturated heterocycles. The van der Waals surface area contributed by atoms with Crippen molar-refractivity contribution in [1.82, 2.24) is 0 Å². The summed E-state index contributed by atoms with van der Waals surface area (Å²) in [5, 5.41) is 0. The smallest absolute Gasteiger partial charge is 0 e. The molecule has 0 rings (SSSR count). The van der Waals surface area contributed by atoms with Gasteiger partial charge in [0.15, 0.2) is 0 Å². The summed E-state index contributed by atoms with van der Waals surface area (Å²) in [5.41, 5.74) is 0. The molecule has 0 bridgehead atoms. The Kier molecular flexibility index (Phi) is 681. The summed E-state index contributed by atoms with van der Waals surface area (Å²) in [6, 6.07) is 0. The first-order chi connectivity index (χ1) is 0. The van der Waals surface area contributed by atoms with Crippen LogP contribution in [0.5, 0.6) is 0 Å². The van der Waals surface area contributed by atoms with Gasteiger partial charge in [-0.2, -0.15) is 0 Å². The molecule has 0 atom stereocenters. The van der Waals surface area contributed by atoms with Crippen LogP contribution in [0, 0.1) is 0 Å². The van der Waals surface area contributed by atoms with Crippen molar-refractivity contribution in [2.24, 2.45) is 0 Å². The molecule has 4 heteroatoms. The van der Waals surface area contributed by atoms with Crippen molar-refractivity contribution in [2.75, 3.05) is 0 Å². The van der Waals surface area contributed by atoms with Crippen molar-refractivity contribution in [3.8, 4) is 0 Å². The fourth-order valence-electron chi connectivity index (χ4n) is 0. The van der Waals surface area contributed by atoms with Crippen LogP contribution < -0.4 is 0 Å². The van der Waals surface area contributed by atoms with Gasteiger partial charge in [0.1, 0.15) is 0 Å². The second-order valence-corrected chi connectivity index (χ2v) is 0. The fraction of sp³-hybridized carbons (Fsp3) is 0. The first kappa shape index (κ1) is 77.6. The number of hydrogen-bond acceptors (Lipinski definition) is 0. The Morgan fingerprint density at radius 3 is 0.750 bits per heavy atom. The van der Waals surface area contributed by atoms with E-state index < -0.39 is 0 Å². The van der Waals surface area contributed by atoms with Gasteiger partial charge in [0.25, 0.3) is 0 Å². The molecule has 32 valence electrons. The predicted octanol–water partition coefficient (Wildman–Crippen LogP) is -1.65. The molecular weight excluding hydrogens is 146 g/mol. The van der Waals surface area contributed by atoms with E-state index in [4.69, 9.17) is 0 Å². The van der Waals surface area contributed by atoms with Gasteiger partial charge in [0.05, 0.1) is 0 Å². The Morgan fingerprint density at radius 2 is 0.750 bits per heavy atom. The van der Waals surface area contributed by atoms with Crippen molar-refractivity contribution in [3.05, 3.63) is 0 Å². The normalized spacial score (nSPS) is 0. The van der Waals surface area contributed by atoms with Gasteiger partial charge in [0, 0.05) is 35.6 Å². The van der Waals surface area contributed by atoms with E-state index in [-0.39, 0.29) is 46.6 Å². The zero-order valence-corrected chi connectivity index (χ0v) is 4.09. The van der Waals surface area contributed by atoms with Gasteiger partial charge in [0.2, 0.25) is 0 Å². The maximum Gasteiger partial charge on any atom is 0 e. The van der Waals surface area contributed by atoms with Crippen molar-refractivity contribution in [2.45, 2.75) is 0 Å².